The van der Waals surface area contributed by atoms with Gasteiger partial charge in [0.15, 0.2) is 5.82 Å². The molecule has 2 amide bonds. The number of amides is 2. The van der Waals surface area contributed by atoms with E-state index in [0.29, 0.717) is 33.9 Å². The lowest BCUT2D eigenvalue weighted by atomic mass is 10.2. The highest BCUT2D eigenvalue weighted by Crippen LogP contribution is 2.19. The summed E-state index contributed by atoms with van der Waals surface area (Å²) in [6.07, 6.45) is 2.57. The van der Waals surface area contributed by atoms with Gasteiger partial charge in [-0.15, -0.1) is 0 Å². The summed E-state index contributed by atoms with van der Waals surface area (Å²) in [7, 11) is 0. The van der Waals surface area contributed by atoms with E-state index in [1.54, 1.807) is 57.3 Å². The molecule has 0 aliphatic heterocycles. The monoisotopic (exact) mass is 434 g/mol. The third-order valence-corrected chi connectivity index (χ3v) is 4.28. The number of hydrogen-bond donors (Lipinski definition) is 4. The van der Waals surface area contributed by atoms with Gasteiger partial charge in [-0.2, -0.15) is 10.2 Å². The van der Waals surface area contributed by atoms with Crippen molar-refractivity contribution in [1.82, 2.24) is 35.7 Å². The molecule has 3 aromatic heterocycles. The highest BCUT2D eigenvalue weighted by atomic mass is 16.6. The van der Waals surface area contributed by atoms with Gasteiger partial charge in [-0.25, -0.2) is 9.78 Å². The molecule has 0 saturated carbocycles. The van der Waals surface area contributed by atoms with E-state index in [-0.39, 0.29) is 12.5 Å². The zero-order valence-electron chi connectivity index (χ0n) is 17.8. The molecule has 4 aromatic rings. The number of H-pyrrole nitrogens is 2. The Labute approximate surface area is 183 Å². The second kappa shape index (κ2) is 8.46. The number of hydrogen-bond acceptors (Lipinski definition) is 7. The maximum atomic E-state index is 12.5. The molecule has 0 aliphatic carbocycles. The SMILES string of the molecule is CC(C)(C)OC(=O)NCc1nc(-c2ccc(NC(=O)c3cnc4cn[nH]c4c3)cc2)n[nH]1. The molecule has 11 heteroatoms. The molecule has 32 heavy (non-hydrogen) atoms. The summed E-state index contributed by atoms with van der Waals surface area (Å²) >= 11 is 0. The molecular weight excluding hydrogens is 412 g/mol. The summed E-state index contributed by atoms with van der Waals surface area (Å²) in [6.45, 7) is 5.53. The first-order chi connectivity index (χ1) is 15.3. The molecule has 164 valence electrons. The number of carbonyl (C=O) groups is 2. The fraction of sp³-hybridized carbons (Fsp3) is 0.238. The van der Waals surface area contributed by atoms with E-state index < -0.39 is 11.7 Å². The number of nitrogens with zero attached hydrogens (tertiary/aromatic N) is 4. The van der Waals surface area contributed by atoms with E-state index in [0.717, 1.165) is 5.56 Å². The van der Waals surface area contributed by atoms with Crippen LogP contribution in [-0.4, -0.2) is 48.0 Å². The Hall–Kier alpha value is -4.28. The lowest BCUT2D eigenvalue weighted by Gasteiger charge is -2.19. The average molecular weight is 434 g/mol. The van der Waals surface area contributed by atoms with Gasteiger partial charge in [0, 0.05) is 17.4 Å². The lowest BCUT2D eigenvalue weighted by Crippen LogP contribution is -2.32. The second-order valence-corrected chi connectivity index (χ2v) is 8.02. The average Bonchev–Trinajstić information content (AvgIpc) is 3.40. The molecule has 0 spiro atoms. The number of benzene rings is 1. The number of alkyl carbamates (subject to hydrolysis) is 1. The van der Waals surface area contributed by atoms with Crippen molar-refractivity contribution in [1.29, 1.82) is 0 Å². The number of anilines is 1. The minimum atomic E-state index is -0.573. The molecule has 1 aromatic carbocycles. The van der Waals surface area contributed by atoms with Crippen molar-refractivity contribution in [3.8, 4) is 11.4 Å². The van der Waals surface area contributed by atoms with Crippen molar-refractivity contribution in [2.45, 2.75) is 32.9 Å². The van der Waals surface area contributed by atoms with Crippen LogP contribution in [0, 0.1) is 0 Å². The summed E-state index contributed by atoms with van der Waals surface area (Å²) < 4.78 is 5.19. The zero-order chi connectivity index (χ0) is 22.7. The molecule has 0 atom stereocenters. The second-order valence-electron chi connectivity index (χ2n) is 8.02. The Morgan fingerprint density at radius 3 is 2.62 bits per heavy atom. The molecule has 4 rings (SSSR count). The van der Waals surface area contributed by atoms with Crippen molar-refractivity contribution in [2.75, 3.05) is 5.32 Å². The van der Waals surface area contributed by atoms with Crippen LogP contribution in [0.25, 0.3) is 22.4 Å². The van der Waals surface area contributed by atoms with Crippen molar-refractivity contribution in [2.24, 2.45) is 0 Å². The van der Waals surface area contributed by atoms with Crippen LogP contribution in [0.2, 0.25) is 0 Å². The van der Waals surface area contributed by atoms with Gasteiger partial charge in [-0.3, -0.25) is 20.0 Å². The first-order valence-electron chi connectivity index (χ1n) is 9.86. The Morgan fingerprint density at radius 2 is 1.88 bits per heavy atom. The van der Waals surface area contributed by atoms with Crippen molar-refractivity contribution in [3.63, 3.8) is 0 Å². The first kappa shape index (κ1) is 21.0. The van der Waals surface area contributed by atoms with E-state index in [1.165, 1.54) is 6.20 Å². The number of nitrogens with one attached hydrogen (secondary N) is 4. The summed E-state index contributed by atoms with van der Waals surface area (Å²) in [6, 6.07) is 8.79. The van der Waals surface area contributed by atoms with Crippen LogP contribution >= 0.6 is 0 Å². The number of ether oxygens (including phenoxy) is 1. The molecule has 11 nitrogen and oxygen atoms in total. The summed E-state index contributed by atoms with van der Waals surface area (Å²) in [5.74, 6) is 0.679. The van der Waals surface area contributed by atoms with Gasteiger partial charge in [-0.1, -0.05) is 0 Å². The number of aromatic nitrogens is 6. The largest absolute Gasteiger partial charge is 0.444 e. The predicted octanol–water partition coefficient (Wildman–Crippen LogP) is 3.02. The Bertz CT molecular complexity index is 1250. The molecule has 3 heterocycles. The van der Waals surface area contributed by atoms with Crippen LogP contribution in [0.15, 0.2) is 42.7 Å². The van der Waals surface area contributed by atoms with Crippen molar-refractivity contribution < 1.29 is 14.3 Å². The van der Waals surface area contributed by atoms with Gasteiger partial charge in [0.05, 0.1) is 23.8 Å². The normalized spacial score (nSPS) is 11.3. The summed E-state index contributed by atoms with van der Waals surface area (Å²) in [5.41, 5.74) is 2.60. The smallest absolute Gasteiger partial charge is 0.408 e. The lowest BCUT2D eigenvalue weighted by molar-refractivity contribution is 0.0522. The van der Waals surface area contributed by atoms with Gasteiger partial charge in [-0.05, 0) is 51.1 Å². The van der Waals surface area contributed by atoms with Crippen LogP contribution in [0.1, 0.15) is 37.0 Å². The van der Waals surface area contributed by atoms with Gasteiger partial charge in [0.2, 0.25) is 0 Å². The maximum Gasteiger partial charge on any atom is 0.408 e. The van der Waals surface area contributed by atoms with E-state index in [2.05, 4.69) is 41.0 Å². The Morgan fingerprint density at radius 1 is 1.09 bits per heavy atom. The molecule has 4 N–H and O–H groups in total. The van der Waals surface area contributed by atoms with Crippen LogP contribution in [0.5, 0.6) is 0 Å². The molecule has 0 saturated heterocycles. The van der Waals surface area contributed by atoms with E-state index in [1.807, 2.05) is 0 Å². The molecule has 0 aliphatic rings. The van der Waals surface area contributed by atoms with E-state index >= 15 is 0 Å². The van der Waals surface area contributed by atoms with Gasteiger partial charge >= 0.3 is 6.09 Å². The fourth-order valence-corrected chi connectivity index (χ4v) is 2.83. The third kappa shape index (κ3) is 5.06. The maximum absolute atomic E-state index is 12.5. The number of fused-ring (bicyclic) bond motifs is 1. The molecule has 0 fully saturated rings. The number of carbonyl (C=O) groups excluding carboxylic acids is 2. The van der Waals surface area contributed by atoms with Crippen LogP contribution in [0.4, 0.5) is 10.5 Å². The first-order valence-corrected chi connectivity index (χ1v) is 9.86. The van der Waals surface area contributed by atoms with Crippen LogP contribution < -0.4 is 10.6 Å². The molecule has 0 bridgehead atoms. The minimum Gasteiger partial charge on any atom is -0.444 e. The van der Waals surface area contributed by atoms with Gasteiger partial charge in [0.1, 0.15) is 16.9 Å². The van der Waals surface area contributed by atoms with Gasteiger partial charge < -0.3 is 15.4 Å². The zero-order valence-corrected chi connectivity index (χ0v) is 17.8. The summed E-state index contributed by atoms with van der Waals surface area (Å²) in [4.78, 5) is 32.8. The quantitative estimate of drug-likeness (QED) is 0.377. The fourth-order valence-electron chi connectivity index (χ4n) is 2.83. The van der Waals surface area contributed by atoms with Crippen molar-refractivity contribution >= 4 is 28.7 Å². The highest BCUT2D eigenvalue weighted by Gasteiger charge is 2.16. The number of rotatable bonds is 5. The van der Waals surface area contributed by atoms with Crippen LogP contribution in [-0.2, 0) is 11.3 Å². The predicted molar refractivity (Wildman–Crippen MR) is 117 cm³/mol. The number of pyridine rings is 1. The standard InChI is InChI=1S/C21H22N8O3/c1-21(2,3)32-20(31)23-11-17-26-18(29-28-17)12-4-6-14(7-5-12)25-19(30)13-8-15-16(22-9-13)10-24-27-15/h4-10H,11H2,1-3H3,(H,23,31)(H,24,27)(H,25,30)(H,26,28,29). The molecule has 0 unspecified atom stereocenters. The molecular formula is C21H22N8O3. The third-order valence-electron chi connectivity index (χ3n) is 4.28. The van der Waals surface area contributed by atoms with Gasteiger partial charge in [0.25, 0.3) is 5.91 Å². The highest BCUT2D eigenvalue weighted by molar-refractivity contribution is 6.05. The van der Waals surface area contributed by atoms with E-state index in [9.17, 15) is 9.59 Å². The Balaban J connectivity index is 1.36. The molecule has 0 radical (unpaired) electrons. The van der Waals surface area contributed by atoms with E-state index in [4.69, 9.17) is 4.74 Å². The Kier molecular flexibility index (Phi) is 5.54. The summed E-state index contributed by atoms with van der Waals surface area (Å²) in [5, 5.41) is 19.1. The minimum absolute atomic E-state index is 0.158. The van der Waals surface area contributed by atoms with Crippen molar-refractivity contribution in [3.05, 3.63) is 54.1 Å². The van der Waals surface area contributed by atoms with Crippen LogP contribution in [0.3, 0.4) is 0 Å². The topological polar surface area (TPSA) is 151 Å². The number of aromatic amines is 2.